The van der Waals surface area contributed by atoms with E-state index in [-0.39, 0.29) is 58.4 Å². The number of aliphatic hydroxyl groups is 1. The van der Waals surface area contributed by atoms with Crippen LogP contribution in [-0.4, -0.2) is 49.5 Å². The number of phosphoric acid groups is 1. The first-order valence-electron chi connectivity index (χ1n) is 6.49. The Balaban J connectivity index is 0.00000169. The number of ether oxygens (including phenoxy) is 1. The molecule has 0 saturated carbocycles. The molecule has 24 heavy (non-hydrogen) atoms. The molecule has 4 rings (SSSR count). The molecule has 3 N–H and O–H groups in total. The average molecular weight is 386 g/mol. The average Bonchev–Trinajstić information content (AvgIpc) is 2.97. The van der Waals surface area contributed by atoms with Crippen molar-refractivity contribution in [3.8, 4) is 0 Å². The number of nitrogen functional groups attached to an aromatic ring is 1. The van der Waals surface area contributed by atoms with Gasteiger partial charge in [0.05, 0.1) is 6.61 Å². The number of hydrogen-bond acceptors (Lipinski definition) is 10. The predicted octanol–water partition coefficient (Wildman–Crippen LogP) is -3.79. The molecule has 0 amide bonds. The molecule has 2 saturated heterocycles. The van der Waals surface area contributed by atoms with Crippen LogP contribution in [0.4, 0.5) is 5.82 Å². The van der Waals surface area contributed by atoms with Crippen molar-refractivity contribution in [2.24, 2.45) is 0 Å². The van der Waals surface area contributed by atoms with Crippen LogP contribution in [0.15, 0.2) is 6.33 Å². The number of aliphatic hydroxyl groups excluding tert-OH is 1. The van der Waals surface area contributed by atoms with E-state index in [0.29, 0.717) is 0 Å². The Morgan fingerprint density at radius 1 is 1.50 bits per heavy atom. The summed E-state index contributed by atoms with van der Waals surface area (Å²) in [4.78, 5) is 23.3. The Labute approximate surface area is 162 Å². The van der Waals surface area contributed by atoms with Gasteiger partial charge in [-0.1, -0.05) is 0 Å². The van der Waals surface area contributed by atoms with Crippen molar-refractivity contribution in [2.75, 3.05) is 12.3 Å². The van der Waals surface area contributed by atoms with Gasteiger partial charge in [0.2, 0.25) is 5.28 Å². The number of aromatic nitrogens is 4. The van der Waals surface area contributed by atoms with Gasteiger partial charge in [0.15, 0.2) is 23.2 Å². The first kappa shape index (κ1) is 18.5. The molecule has 0 aromatic carbocycles. The minimum atomic E-state index is -4.46. The Kier molecular flexibility index (Phi) is 4.95. The molecule has 1 unspecified atom stereocenters. The fourth-order valence-corrected chi connectivity index (χ4v) is 3.88. The van der Waals surface area contributed by atoms with Crippen LogP contribution in [0.5, 0.6) is 0 Å². The van der Waals surface area contributed by atoms with Crippen molar-refractivity contribution >= 4 is 36.4 Å². The molecule has 14 heteroatoms. The number of anilines is 1. The van der Waals surface area contributed by atoms with Crippen molar-refractivity contribution in [1.29, 1.82) is 0 Å². The third-order valence-corrected chi connectivity index (χ3v) is 4.91. The zero-order valence-electron chi connectivity index (χ0n) is 12.3. The molecule has 4 heterocycles. The second-order valence-corrected chi connectivity index (χ2v) is 6.75. The second kappa shape index (κ2) is 6.44. The zero-order valence-corrected chi connectivity index (χ0v) is 15.9. The van der Waals surface area contributed by atoms with Crippen LogP contribution >= 0.6 is 19.4 Å². The van der Waals surface area contributed by atoms with Gasteiger partial charge in [-0.05, 0) is 11.6 Å². The number of halogens is 1. The van der Waals surface area contributed by atoms with Gasteiger partial charge < -0.3 is 29.5 Å². The Hall–Kier alpha value is -0.330. The van der Waals surface area contributed by atoms with Crippen LogP contribution in [0.25, 0.3) is 11.2 Å². The van der Waals surface area contributed by atoms with E-state index in [0.717, 1.165) is 0 Å². The largest absolute Gasteiger partial charge is 1.00 e. The summed E-state index contributed by atoms with van der Waals surface area (Å²) in [7, 11) is -4.46. The molecule has 2 fully saturated rings. The normalized spacial score (nSPS) is 35.6. The van der Waals surface area contributed by atoms with Crippen molar-refractivity contribution in [1.82, 2.24) is 19.5 Å². The van der Waals surface area contributed by atoms with Crippen molar-refractivity contribution in [2.45, 2.75) is 24.5 Å². The molecular formula is C10H10ClN5NaO6P. The maximum Gasteiger partial charge on any atom is 1.00 e. The van der Waals surface area contributed by atoms with Crippen LogP contribution in [0, 0.1) is 0 Å². The maximum absolute atomic E-state index is 11.4. The molecule has 2 aliphatic rings. The van der Waals surface area contributed by atoms with Gasteiger partial charge in [-0.2, -0.15) is 0 Å². The van der Waals surface area contributed by atoms with Gasteiger partial charge in [0.1, 0.15) is 24.6 Å². The van der Waals surface area contributed by atoms with Crippen LogP contribution in [0.2, 0.25) is 5.28 Å². The van der Waals surface area contributed by atoms with Gasteiger partial charge in [0, 0.05) is 0 Å². The summed E-state index contributed by atoms with van der Waals surface area (Å²) in [5.74, 6) is 0.115. The topological polar surface area (TPSA) is 158 Å². The SMILES string of the molecule is Nc1ncnc2c1nc(Cl)n2[C@@H]1O[C@@H]2COP(=O)([O-])O[C@H]2[C@H]1O.[Na+]. The van der Waals surface area contributed by atoms with E-state index < -0.39 is 32.4 Å². The smallest absolute Gasteiger partial charge is 0.756 e. The van der Waals surface area contributed by atoms with Crippen LogP contribution < -0.4 is 40.2 Å². The Morgan fingerprint density at radius 2 is 2.25 bits per heavy atom. The van der Waals surface area contributed by atoms with Gasteiger partial charge in [-0.15, -0.1) is 0 Å². The maximum atomic E-state index is 11.4. The molecule has 0 radical (unpaired) electrons. The summed E-state index contributed by atoms with van der Waals surface area (Å²) >= 11 is 6.09. The van der Waals surface area contributed by atoms with Gasteiger partial charge in [-0.25, -0.2) is 15.0 Å². The van der Waals surface area contributed by atoms with E-state index in [4.69, 9.17) is 26.6 Å². The molecule has 2 aliphatic heterocycles. The summed E-state index contributed by atoms with van der Waals surface area (Å²) in [5, 5.41) is 10.4. The molecule has 2 aromatic rings. The monoisotopic (exact) mass is 385 g/mol. The molecule has 124 valence electrons. The van der Waals surface area contributed by atoms with E-state index in [9.17, 15) is 14.6 Å². The van der Waals surface area contributed by atoms with Crippen molar-refractivity contribution < 1.29 is 57.9 Å². The van der Waals surface area contributed by atoms with Crippen molar-refractivity contribution in [3.63, 3.8) is 0 Å². The number of nitrogens with zero attached hydrogens (tertiary/aromatic N) is 4. The summed E-state index contributed by atoms with van der Waals surface area (Å²) in [6, 6.07) is 0. The van der Waals surface area contributed by atoms with E-state index in [1.165, 1.54) is 10.9 Å². The molecule has 0 bridgehead atoms. The number of fused-ring (bicyclic) bond motifs is 2. The number of imidazole rings is 1. The fraction of sp³-hybridized carbons (Fsp3) is 0.500. The Bertz CT molecular complexity index is 837. The number of nitrogens with two attached hydrogens (primary N) is 1. The van der Waals surface area contributed by atoms with Crippen LogP contribution in [-0.2, 0) is 18.3 Å². The third-order valence-electron chi connectivity index (χ3n) is 3.67. The fourth-order valence-electron chi connectivity index (χ4n) is 2.67. The van der Waals surface area contributed by atoms with Crippen LogP contribution in [0.3, 0.4) is 0 Å². The summed E-state index contributed by atoms with van der Waals surface area (Å²) in [6.07, 6.45) is -3.05. The standard InChI is InChI=1S/C10H11ClN5O6P.Na/c11-10-15-4-7(12)13-2-14-8(4)16(10)9-5(17)6-3(21-9)1-20-23(18,19)22-6;/h2-3,5-6,9,17H,1H2,(H,18,19)(H2,12,13,14);/q;+1/p-1/t3-,5-,6-,9-;/m1./s1. The quantitative estimate of drug-likeness (QED) is 0.283. The van der Waals surface area contributed by atoms with Gasteiger partial charge in [0.25, 0.3) is 7.82 Å². The molecule has 11 nitrogen and oxygen atoms in total. The zero-order chi connectivity index (χ0) is 16.4. The molecular weight excluding hydrogens is 376 g/mol. The van der Waals surface area contributed by atoms with E-state index in [2.05, 4.69) is 19.5 Å². The van der Waals surface area contributed by atoms with Crippen molar-refractivity contribution in [3.05, 3.63) is 11.6 Å². The van der Waals surface area contributed by atoms with Gasteiger partial charge in [-0.3, -0.25) is 9.13 Å². The minimum Gasteiger partial charge on any atom is -0.756 e. The first-order valence-corrected chi connectivity index (χ1v) is 8.32. The third kappa shape index (κ3) is 2.88. The number of hydrogen-bond donors (Lipinski definition) is 2. The van der Waals surface area contributed by atoms with Gasteiger partial charge >= 0.3 is 29.6 Å². The Morgan fingerprint density at radius 3 is 3.00 bits per heavy atom. The molecule has 0 spiro atoms. The summed E-state index contributed by atoms with van der Waals surface area (Å²) in [6.45, 7) is -0.264. The van der Waals surface area contributed by atoms with E-state index >= 15 is 0 Å². The second-order valence-electron chi connectivity index (χ2n) is 5.05. The summed E-state index contributed by atoms with van der Waals surface area (Å²) in [5.41, 5.74) is 6.20. The molecule has 0 aliphatic carbocycles. The number of rotatable bonds is 1. The van der Waals surface area contributed by atoms with E-state index in [1.807, 2.05) is 0 Å². The minimum absolute atomic E-state index is 0. The number of phosphoric ester groups is 1. The first-order chi connectivity index (χ1) is 10.9. The van der Waals surface area contributed by atoms with E-state index in [1.54, 1.807) is 0 Å². The molecule has 5 atom stereocenters. The predicted molar refractivity (Wildman–Crippen MR) is 73.1 cm³/mol. The summed E-state index contributed by atoms with van der Waals surface area (Å²) < 4.78 is 27.7. The van der Waals surface area contributed by atoms with Crippen LogP contribution in [0.1, 0.15) is 6.23 Å². The molecule has 2 aromatic heterocycles.